The van der Waals surface area contributed by atoms with Crippen LogP contribution in [0.1, 0.15) is 11.3 Å². The summed E-state index contributed by atoms with van der Waals surface area (Å²) in [4.78, 5) is 14.8. The molecule has 0 N–H and O–H groups in total. The molecule has 19 heavy (non-hydrogen) atoms. The summed E-state index contributed by atoms with van der Waals surface area (Å²) >= 11 is 0. The molecule has 3 nitrogen and oxygen atoms in total. The number of pyridine rings is 1. The maximum atomic E-state index is 12.9. The van der Waals surface area contributed by atoms with Crippen molar-refractivity contribution in [2.45, 2.75) is 12.6 Å². The molecule has 100 valence electrons. The van der Waals surface area contributed by atoms with Crippen LogP contribution in [0, 0.1) is 0 Å². The summed E-state index contributed by atoms with van der Waals surface area (Å²) in [5, 5.41) is 0.550. The minimum absolute atomic E-state index is 0.182. The second-order valence-corrected chi connectivity index (χ2v) is 3.94. The van der Waals surface area contributed by atoms with E-state index >= 15 is 0 Å². The largest absolute Gasteiger partial charge is 0.469 e. The smallest absolute Gasteiger partial charge is 0.433 e. The molecule has 2 aromatic rings. The fraction of sp³-hybridized carbons (Fsp3) is 0.231. The molecule has 6 heteroatoms. The first-order chi connectivity index (χ1) is 8.91. The molecule has 1 aromatic heterocycles. The predicted octanol–water partition coefficient (Wildman–Crippen LogP) is 2.97. The number of nitrogens with zero attached hydrogens (tertiary/aromatic N) is 1. The van der Waals surface area contributed by atoms with E-state index in [1.54, 1.807) is 18.2 Å². The number of halogens is 3. The standard InChI is InChI=1S/C13H10F3NO2/c1-19-11(18)7-9-6-8-4-2-3-5-10(8)17-12(9)13(14,15)16/h2-6H,7H2,1H3. The van der Waals surface area contributed by atoms with Crippen LogP contribution < -0.4 is 0 Å². The molecular formula is C13H10F3NO2. The highest BCUT2D eigenvalue weighted by Crippen LogP contribution is 2.32. The number of rotatable bonds is 2. The number of para-hydroxylation sites is 1. The summed E-state index contributed by atoms with van der Waals surface area (Å²) in [5.41, 5.74) is -0.988. The average Bonchev–Trinajstić information content (AvgIpc) is 2.36. The number of methoxy groups -OCH3 is 1. The van der Waals surface area contributed by atoms with E-state index < -0.39 is 24.3 Å². The van der Waals surface area contributed by atoms with Gasteiger partial charge in [0, 0.05) is 5.39 Å². The van der Waals surface area contributed by atoms with Gasteiger partial charge in [-0.1, -0.05) is 18.2 Å². The fourth-order valence-electron chi connectivity index (χ4n) is 1.77. The molecule has 0 spiro atoms. The lowest BCUT2D eigenvalue weighted by Crippen LogP contribution is -2.15. The van der Waals surface area contributed by atoms with Crippen LogP contribution >= 0.6 is 0 Å². The fourth-order valence-corrected chi connectivity index (χ4v) is 1.77. The van der Waals surface area contributed by atoms with Gasteiger partial charge in [0.1, 0.15) is 5.69 Å². The van der Waals surface area contributed by atoms with E-state index in [2.05, 4.69) is 9.72 Å². The zero-order valence-electron chi connectivity index (χ0n) is 9.99. The average molecular weight is 269 g/mol. The van der Waals surface area contributed by atoms with Crippen molar-refractivity contribution in [2.75, 3.05) is 7.11 Å². The number of hydrogen-bond donors (Lipinski definition) is 0. The zero-order chi connectivity index (χ0) is 14.0. The van der Waals surface area contributed by atoms with Crippen molar-refractivity contribution in [1.82, 2.24) is 4.98 Å². The van der Waals surface area contributed by atoms with Crippen molar-refractivity contribution in [1.29, 1.82) is 0 Å². The number of carbonyl (C=O) groups is 1. The first-order valence-corrected chi connectivity index (χ1v) is 5.44. The molecule has 0 unspecified atom stereocenters. The lowest BCUT2D eigenvalue weighted by Gasteiger charge is -2.12. The van der Waals surface area contributed by atoms with Gasteiger partial charge >= 0.3 is 12.1 Å². The Morgan fingerprint density at radius 2 is 2.00 bits per heavy atom. The molecule has 0 aliphatic heterocycles. The van der Waals surface area contributed by atoms with Crippen molar-refractivity contribution in [2.24, 2.45) is 0 Å². The van der Waals surface area contributed by atoms with Crippen LogP contribution in [-0.2, 0) is 22.1 Å². The van der Waals surface area contributed by atoms with Crippen molar-refractivity contribution in [3.05, 3.63) is 41.6 Å². The van der Waals surface area contributed by atoms with Crippen molar-refractivity contribution in [3.63, 3.8) is 0 Å². The Kier molecular flexibility index (Phi) is 3.42. The summed E-state index contributed by atoms with van der Waals surface area (Å²) in [5.74, 6) is -0.734. The van der Waals surface area contributed by atoms with Gasteiger partial charge in [-0.2, -0.15) is 13.2 Å². The SMILES string of the molecule is COC(=O)Cc1cc2ccccc2nc1C(F)(F)F. The van der Waals surface area contributed by atoms with Gasteiger partial charge < -0.3 is 4.74 Å². The summed E-state index contributed by atoms with van der Waals surface area (Å²) < 4.78 is 43.1. The second kappa shape index (κ2) is 4.87. The highest BCUT2D eigenvalue weighted by Gasteiger charge is 2.36. The van der Waals surface area contributed by atoms with Gasteiger partial charge in [0.25, 0.3) is 0 Å². The molecule has 0 saturated heterocycles. The van der Waals surface area contributed by atoms with Crippen molar-refractivity contribution >= 4 is 16.9 Å². The molecular weight excluding hydrogens is 259 g/mol. The highest BCUT2D eigenvalue weighted by molar-refractivity contribution is 5.81. The number of hydrogen-bond acceptors (Lipinski definition) is 3. The molecule has 0 aliphatic carbocycles. The first-order valence-electron chi connectivity index (χ1n) is 5.44. The molecule has 2 rings (SSSR count). The molecule has 0 aliphatic rings. The Labute approximate surface area is 107 Å². The van der Waals surface area contributed by atoms with Gasteiger partial charge in [0.05, 0.1) is 19.0 Å². The van der Waals surface area contributed by atoms with Gasteiger partial charge in [-0.15, -0.1) is 0 Å². The Morgan fingerprint density at radius 1 is 1.32 bits per heavy atom. The van der Waals surface area contributed by atoms with Crippen LogP contribution in [0.2, 0.25) is 0 Å². The molecule has 0 saturated carbocycles. The van der Waals surface area contributed by atoms with Gasteiger partial charge in [-0.05, 0) is 17.7 Å². The van der Waals surface area contributed by atoms with E-state index in [1.165, 1.54) is 12.1 Å². The second-order valence-electron chi connectivity index (χ2n) is 3.94. The van der Waals surface area contributed by atoms with E-state index in [4.69, 9.17) is 0 Å². The van der Waals surface area contributed by atoms with E-state index in [1.807, 2.05) is 0 Å². The first kappa shape index (κ1) is 13.3. The number of carbonyl (C=O) groups excluding carboxylic acids is 1. The zero-order valence-corrected chi connectivity index (χ0v) is 9.99. The molecule has 1 aromatic carbocycles. The summed E-state index contributed by atoms with van der Waals surface area (Å²) in [6, 6.07) is 7.76. The number of aromatic nitrogens is 1. The molecule has 0 radical (unpaired) electrons. The van der Waals surface area contributed by atoms with Crippen molar-refractivity contribution in [3.8, 4) is 0 Å². The maximum Gasteiger partial charge on any atom is 0.433 e. The van der Waals surface area contributed by atoms with E-state index in [-0.39, 0.29) is 11.1 Å². The summed E-state index contributed by atoms with van der Waals surface area (Å²) in [6.45, 7) is 0. The Balaban J connectivity index is 2.60. The van der Waals surface area contributed by atoms with Crippen LogP contribution in [0.3, 0.4) is 0 Å². The molecule has 0 amide bonds. The Morgan fingerprint density at radius 3 is 2.63 bits per heavy atom. The maximum absolute atomic E-state index is 12.9. The number of alkyl halides is 3. The monoisotopic (exact) mass is 269 g/mol. The van der Waals surface area contributed by atoms with Crippen LogP contribution in [-0.4, -0.2) is 18.1 Å². The normalized spacial score (nSPS) is 11.6. The molecule has 0 bridgehead atoms. The third-order valence-corrected chi connectivity index (χ3v) is 2.63. The number of benzene rings is 1. The third kappa shape index (κ3) is 2.83. The van der Waals surface area contributed by atoms with E-state index in [9.17, 15) is 18.0 Å². The minimum Gasteiger partial charge on any atom is -0.469 e. The van der Waals surface area contributed by atoms with Crippen molar-refractivity contribution < 1.29 is 22.7 Å². The Bertz CT molecular complexity index is 623. The van der Waals surface area contributed by atoms with Crippen LogP contribution in [0.4, 0.5) is 13.2 Å². The lowest BCUT2D eigenvalue weighted by atomic mass is 10.1. The summed E-state index contributed by atoms with van der Waals surface area (Å²) in [6.07, 6.45) is -5.06. The number of fused-ring (bicyclic) bond motifs is 1. The van der Waals surface area contributed by atoms with Gasteiger partial charge in [0.2, 0.25) is 0 Å². The highest BCUT2D eigenvalue weighted by atomic mass is 19.4. The number of esters is 1. The topological polar surface area (TPSA) is 39.2 Å². The van der Waals surface area contributed by atoms with E-state index in [0.29, 0.717) is 5.39 Å². The predicted molar refractivity (Wildman–Crippen MR) is 62.5 cm³/mol. The summed E-state index contributed by atoms with van der Waals surface area (Å²) in [7, 11) is 1.13. The quantitative estimate of drug-likeness (QED) is 0.787. The van der Waals surface area contributed by atoms with E-state index in [0.717, 1.165) is 7.11 Å². The van der Waals surface area contributed by atoms with Crippen LogP contribution in [0.25, 0.3) is 10.9 Å². The number of ether oxygens (including phenoxy) is 1. The van der Waals surface area contributed by atoms with Crippen LogP contribution in [0.5, 0.6) is 0 Å². The van der Waals surface area contributed by atoms with Gasteiger partial charge in [0.15, 0.2) is 0 Å². The van der Waals surface area contributed by atoms with Crippen LogP contribution in [0.15, 0.2) is 30.3 Å². The van der Waals surface area contributed by atoms with Gasteiger partial charge in [-0.3, -0.25) is 4.79 Å². The Hall–Kier alpha value is -2.11. The molecule has 0 fully saturated rings. The van der Waals surface area contributed by atoms with Gasteiger partial charge in [-0.25, -0.2) is 4.98 Å². The lowest BCUT2D eigenvalue weighted by molar-refractivity contribution is -0.143. The molecule has 0 atom stereocenters. The molecule has 1 heterocycles. The minimum atomic E-state index is -4.60. The third-order valence-electron chi connectivity index (χ3n) is 2.63.